The molecule has 142 valence electrons. The Labute approximate surface area is 155 Å². The van der Waals surface area contributed by atoms with Gasteiger partial charge in [-0.05, 0) is 19.9 Å². The zero-order valence-corrected chi connectivity index (χ0v) is 15.5. The number of aliphatic hydroxyl groups is 1. The number of hydrogen-bond donors (Lipinski definition) is 2. The summed E-state index contributed by atoms with van der Waals surface area (Å²) in [7, 11) is 0. The molecule has 1 atom stereocenters. The Morgan fingerprint density at radius 1 is 1.46 bits per heavy atom. The average Bonchev–Trinajstić information content (AvgIpc) is 3.25. The second kappa shape index (κ2) is 7.59. The molecule has 0 bridgehead atoms. The number of carbonyl (C=O) groups excluding carboxylic acids is 1. The van der Waals surface area contributed by atoms with Crippen molar-refractivity contribution in [2.24, 2.45) is 5.92 Å². The van der Waals surface area contributed by atoms with Gasteiger partial charge in [-0.3, -0.25) is 9.69 Å². The van der Waals surface area contributed by atoms with Gasteiger partial charge in [-0.25, -0.2) is 9.97 Å². The van der Waals surface area contributed by atoms with E-state index in [1.54, 1.807) is 5.38 Å². The lowest BCUT2D eigenvalue weighted by Crippen LogP contribution is -2.34. The number of thiazole rings is 2. The monoisotopic (exact) mass is 406 g/mol. The average molecular weight is 406 g/mol. The Kier molecular flexibility index (Phi) is 5.61. The van der Waals surface area contributed by atoms with Crippen molar-refractivity contribution < 1.29 is 23.1 Å². The quantitative estimate of drug-likeness (QED) is 0.798. The maximum absolute atomic E-state index is 12.4. The highest BCUT2D eigenvalue weighted by molar-refractivity contribution is 7.17. The molecule has 3 rings (SSSR count). The van der Waals surface area contributed by atoms with Gasteiger partial charge in [-0.1, -0.05) is 0 Å². The molecule has 2 aromatic heterocycles. The molecule has 2 N–H and O–H groups in total. The summed E-state index contributed by atoms with van der Waals surface area (Å²) in [5.41, 5.74) is 1.41. The van der Waals surface area contributed by atoms with Crippen LogP contribution in [0.5, 0.6) is 0 Å². The number of nitrogens with one attached hydrogen (secondary N) is 1. The van der Waals surface area contributed by atoms with Crippen molar-refractivity contribution in [3.63, 3.8) is 0 Å². The number of amides is 1. The van der Waals surface area contributed by atoms with E-state index in [1.165, 1.54) is 27.6 Å². The molecule has 0 spiro atoms. The Balaban J connectivity index is 1.61. The number of aliphatic hydroxyl groups excluding tert-OH is 1. The minimum Gasteiger partial charge on any atom is -0.389 e. The predicted molar refractivity (Wildman–Crippen MR) is 93.1 cm³/mol. The normalized spacial score (nSPS) is 18.4. The topological polar surface area (TPSA) is 78.4 Å². The summed E-state index contributed by atoms with van der Waals surface area (Å²) in [6.07, 6.45) is -3.86. The molecule has 3 heterocycles. The van der Waals surface area contributed by atoms with Crippen molar-refractivity contribution in [1.29, 1.82) is 0 Å². The van der Waals surface area contributed by atoms with E-state index in [0.29, 0.717) is 22.3 Å². The highest BCUT2D eigenvalue weighted by Gasteiger charge is 2.36. The zero-order chi connectivity index (χ0) is 18.9. The van der Waals surface area contributed by atoms with E-state index in [0.717, 1.165) is 10.6 Å². The van der Waals surface area contributed by atoms with Gasteiger partial charge in [0.2, 0.25) is 5.91 Å². The van der Waals surface area contributed by atoms with Crippen molar-refractivity contribution in [3.8, 4) is 10.6 Å². The first kappa shape index (κ1) is 19.2. The summed E-state index contributed by atoms with van der Waals surface area (Å²) in [6, 6.07) is 0. The van der Waals surface area contributed by atoms with Crippen LogP contribution in [-0.2, 0) is 11.4 Å². The Morgan fingerprint density at radius 3 is 2.88 bits per heavy atom. The van der Waals surface area contributed by atoms with E-state index < -0.39 is 18.6 Å². The van der Waals surface area contributed by atoms with Crippen LogP contribution in [0.4, 0.5) is 18.3 Å². The van der Waals surface area contributed by atoms with Crippen LogP contribution in [0.3, 0.4) is 0 Å². The molecule has 11 heteroatoms. The van der Waals surface area contributed by atoms with Crippen LogP contribution in [0.1, 0.15) is 17.1 Å². The van der Waals surface area contributed by atoms with Crippen LogP contribution in [0, 0.1) is 12.8 Å². The number of likely N-dealkylation sites (tertiary alicyclic amines) is 1. The summed E-state index contributed by atoms with van der Waals surface area (Å²) in [5, 5.41) is 14.6. The van der Waals surface area contributed by atoms with E-state index in [1.807, 2.05) is 6.92 Å². The highest BCUT2D eigenvalue weighted by Crippen LogP contribution is 2.33. The fourth-order valence-electron chi connectivity index (χ4n) is 2.84. The first-order valence-electron chi connectivity index (χ1n) is 7.88. The third kappa shape index (κ3) is 4.58. The highest BCUT2D eigenvalue weighted by atomic mass is 32.1. The number of hydrogen-bond acceptors (Lipinski definition) is 7. The smallest absolute Gasteiger partial charge is 0.389 e. The molecule has 26 heavy (non-hydrogen) atoms. The third-order valence-corrected chi connectivity index (χ3v) is 5.91. The molecule has 2 aromatic rings. The van der Waals surface area contributed by atoms with Gasteiger partial charge in [0.05, 0.1) is 35.3 Å². The summed E-state index contributed by atoms with van der Waals surface area (Å²) >= 11 is 2.58. The molecule has 1 aliphatic heterocycles. The fourth-order valence-corrected chi connectivity index (χ4v) is 4.51. The van der Waals surface area contributed by atoms with Crippen LogP contribution in [0.25, 0.3) is 10.6 Å². The largest absolute Gasteiger partial charge is 0.401 e. The van der Waals surface area contributed by atoms with Crippen molar-refractivity contribution in [2.45, 2.75) is 26.1 Å². The molecule has 0 aromatic carbocycles. The van der Waals surface area contributed by atoms with Crippen LogP contribution in [-0.4, -0.2) is 51.7 Å². The van der Waals surface area contributed by atoms with Gasteiger partial charge in [0.1, 0.15) is 5.01 Å². The Morgan fingerprint density at radius 2 is 2.23 bits per heavy atom. The maximum Gasteiger partial charge on any atom is 0.401 e. The number of carbonyl (C=O) groups is 1. The molecule has 0 saturated carbocycles. The van der Waals surface area contributed by atoms with Gasteiger partial charge in [0.25, 0.3) is 0 Å². The SMILES string of the molecule is Cc1nc(CO)sc1-c1csc(NC(=O)C2CCN(CC(F)(F)F)C2)n1. The minimum absolute atomic E-state index is 0.0946. The van der Waals surface area contributed by atoms with Crippen molar-refractivity contribution in [1.82, 2.24) is 14.9 Å². The Bertz CT molecular complexity index is 790. The molecular formula is C15H17F3N4O2S2. The number of rotatable bonds is 5. The first-order chi connectivity index (χ1) is 12.2. The first-order valence-corrected chi connectivity index (χ1v) is 9.58. The van der Waals surface area contributed by atoms with E-state index in [2.05, 4.69) is 15.3 Å². The fraction of sp³-hybridized carbons (Fsp3) is 0.533. The van der Waals surface area contributed by atoms with Crippen LogP contribution in [0.15, 0.2) is 5.38 Å². The van der Waals surface area contributed by atoms with Crippen molar-refractivity contribution in [3.05, 3.63) is 16.1 Å². The maximum atomic E-state index is 12.4. The molecular weight excluding hydrogens is 389 g/mol. The number of aryl methyl sites for hydroxylation is 1. The third-order valence-electron chi connectivity index (χ3n) is 3.99. The summed E-state index contributed by atoms with van der Waals surface area (Å²) in [4.78, 5) is 22.9. The molecule has 1 amide bonds. The number of nitrogens with zero attached hydrogens (tertiary/aromatic N) is 3. The van der Waals surface area contributed by atoms with Crippen LogP contribution < -0.4 is 5.32 Å². The summed E-state index contributed by atoms with van der Waals surface area (Å²) in [5.74, 6) is -0.788. The van der Waals surface area contributed by atoms with Gasteiger partial charge in [0.15, 0.2) is 5.13 Å². The van der Waals surface area contributed by atoms with Crippen LogP contribution >= 0.6 is 22.7 Å². The number of aromatic nitrogens is 2. The van der Waals surface area contributed by atoms with E-state index in [4.69, 9.17) is 5.11 Å². The molecule has 1 saturated heterocycles. The lowest BCUT2D eigenvalue weighted by atomic mass is 10.1. The second-order valence-electron chi connectivity index (χ2n) is 6.04. The molecule has 0 radical (unpaired) electrons. The minimum atomic E-state index is -4.25. The summed E-state index contributed by atoms with van der Waals surface area (Å²) in [6.45, 7) is 1.03. The van der Waals surface area contributed by atoms with Gasteiger partial charge in [-0.15, -0.1) is 22.7 Å². The number of alkyl halides is 3. The molecule has 1 fully saturated rings. The van der Waals surface area contributed by atoms with Gasteiger partial charge in [0, 0.05) is 11.9 Å². The van der Waals surface area contributed by atoms with Crippen molar-refractivity contribution >= 4 is 33.7 Å². The van der Waals surface area contributed by atoms with Crippen LogP contribution in [0.2, 0.25) is 0 Å². The summed E-state index contributed by atoms with van der Waals surface area (Å²) < 4.78 is 37.3. The van der Waals surface area contributed by atoms with Crippen molar-refractivity contribution in [2.75, 3.05) is 25.0 Å². The molecule has 1 aliphatic rings. The molecule has 6 nitrogen and oxygen atoms in total. The standard InChI is InChI=1S/C15H17F3N4O2S2/c1-8-12(26-11(5-23)19-8)10-6-25-14(20-10)21-13(24)9-2-3-22(4-9)7-15(16,17)18/h6,9,23H,2-5,7H2,1H3,(H,20,21,24). The lowest BCUT2D eigenvalue weighted by molar-refractivity contribution is -0.144. The zero-order valence-electron chi connectivity index (χ0n) is 13.8. The van der Waals surface area contributed by atoms with Gasteiger partial charge < -0.3 is 10.4 Å². The molecule has 0 aliphatic carbocycles. The van der Waals surface area contributed by atoms with Gasteiger partial charge in [-0.2, -0.15) is 13.2 Å². The number of anilines is 1. The lowest BCUT2D eigenvalue weighted by Gasteiger charge is -2.17. The molecule has 1 unspecified atom stereocenters. The van der Waals surface area contributed by atoms with E-state index in [-0.39, 0.29) is 25.6 Å². The predicted octanol–water partition coefficient (Wildman–Crippen LogP) is 2.89. The Hall–Kier alpha value is -1.56. The second-order valence-corrected chi connectivity index (χ2v) is 7.99. The number of halogens is 3. The van der Waals surface area contributed by atoms with E-state index in [9.17, 15) is 18.0 Å². The van der Waals surface area contributed by atoms with E-state index >= 15 is 0 Å². The van der Waals surface area contributed by atoms with Gasteiger partial charge >= 0.3 is 6.18 Å².